The number of rotatable bonds is 5. The topological polar surface area (TPSA) is 97.2 Å². The Morgan fingerprint density at radius 2 is 1.71 bits per heavy atom. The number of amides is 3. The lowest BCUT2D eigenvalue weighted by molar-refractivity contribution is -0.139. The number of benzene rings is 1. The molecule has 2 aromatic rings. The second-order valence-corrected chi connectivity index (χ2v) is 7.25. The van der Waals surface area contributed by atoms with E-state index in [-0.39, 0.29) is 37.1 Å². The standard InChI is InChI=1S/C20H23N5O3/c26-18-9-10-19(27)25(18)13-14-5-7-15(8-6-14)20(28)21-12-17-23-22-16-4-2-1-3-11-24(16)17/h5-8H,1-4,9-13H2,(H,21,28). The van der Waals surface area contributed by atoms with Crippen molar-refractivity contribution in [3.8, 4) is 0 Å². The van der Waals surface area contributed by atoms with E-state index in [9.17, 15) is 14.4 Å². The van der Waals surface area contributed by atoms with Crippen LogP contribution < -0.4 is 5.32 Å². The van der Waals surface area contributed by atoms with Crippen molar-refractivity contribution >= 4 is 17.7 Å². The first-order chi connectivity index (χ1) is 13.6. The van der Waals surface area contributed by atoms with Crippen LogP contribution in [0.1, 0.15) is 59.7 Å². The zero-order valence-electron chi connectivity index (χ0n) is 15.7. The summed E-state index contributed by atoms with van der Waals surface area (Å²) in [7, 11) is 0. The number of hydrogen-bond donors (Lipinski definition) is 1. The highest BCUT2D eigenvalue weighted by molar-refractivity contribution is 6.01. The van der Waals surface area contributed by atoms with Gasteiger partial charge in [-0.1, -0.05) is 18.6 Å². The van der Waals surface area contributed by atoms with Crippen molar-refractivity contribution in [2.24, 2.45) is 0 Å². The molecule has 4 rings (SSSR count). The number of carbonyl (C=O) groups excluding carboxylic acids is 3. The summed E-state index contributed by atoms with van der Waals surface area (Å²) in [6.45, 7) is 1.49. The molecule has 2 aliphatic heterocycles. The second-order valence-electron chi connectivity index (χ2n) is 7.25. The Labute approximate surface area is 162 Å². The molecule has 0 radical (unpaired) electrons. The van der Waals surface area contributed by atoms with Gasteiger partial charge in [-0.3, -0.25) is 19.3 Å². The maximum Gasteiger partial charge on any atom is 0.251 e. The van der Waals surface area contributed by atoms with Gasteiger partial charge in [0.05, 0.1) is 13.1 Å². The van der Waals surface area contributed by atoms with E-state index in [1.54, 1.807) is 24.3 Å². The zero-order chi connectivity index (χ0) is 19.5. The molecular formula is C20H23N5O3. The van der Waals surface area contributed by atoms with E-state index in [4.69, 9.17) is 0 Å². The van der Waals surface area contributed by atoms with Crippen molar-refractivity contribution in [3.05, 3.63) is 47.0 Å². The number of imide groups is 1. The lowest BCUT2D eigenvalue weighted by Gasteiger charge is -2.14. The molecule has 1 fully saturated rings. The summed E-state index contributed by atoms with van der Waals surface area (Å²) < 4.78 is 2.11. The molecule has 1 N–H and O–H groups in total. The highest BCUT2D eigenvalue weighted by atomic mass is 16.2. The highest BCUT2D eigenvalue weighted by Crippen LogP contribution is 2.17. The highest BCUT2D eigenvalue weighted by Gasteiger charge is 2.28. The Bertz CT molecular complexity index is 887. The van der Waals surface area contributed by atoms with Gasteiger partial charge in [0, 0.05) is 31.4 Å². The molecular weight excluding hydrogens is 358 g/mol. The number of carbonyl (C=O) groups is 3. The SMILES string of the molecule is O=C(NCc1nnc2n1CCCCC2)c1ccc(CN2C(=O)CCC2=O)cc1. The minimum atomic E-state index is -0.189. The van der Waals surface area contributed by atoms with Gasteiger partial charge in [-0.25, -0.2) is 0 Å². The average Bonchev–Trinajstić information content (AvgIpc) is 3.13. The first kappa shape index (κ1) is 18.3. The van der Waals surface area contributed by atoms with Crippen LogP contribution in [-0.4, -0.2) is 37.4 Å². The van der Waals surface area contributed by atoms with E-state index in [0.717, 1.165) is 43.0 Å². The van der Waals surface area contributed by atoms with Gasteiger partial charge in [-0.2, -0.15) is 0 Å². The molecule has 0 spiro atoms. The Morgan fingerprint density at radius 3 is 2.46 bits per heavy atom. The van der Waals surface area contributed by atoms with E-state index in [1.165, 1.54) is 11.3 Å². The van der Waals surface area contributed by atoms with Crippen LogP contribution in [0.2, 0.25) is 0 Å². The molecule has 1 aromatic heterocycles. The van der Waals surface area contributed by atoms with Gasteiger partial charge in [0.25, 0.3) is 5.91 Å². The molecule has 8 heteroatoms. The molecule has 1 saturated heterocycles. The van der Waals surface area contributed by atoms with Crippen LogP contribution >= 0.6 is 0 Å². The summed E-state index contributed by atoms with van der Waals surface area (Å²) in [6.07, 6.45) is 4.93. The zero-order valence-corrected chi connectivity index (χ0v) is 15.7. The third-order valence-corrected chi connectivity index (χ3v) is 5.30. The van der Waals surface area contributed by atoms with Crippen LogP contribution in [0.5, 0.6) is 0 Å². The van der Waals surface area contributed by atoms with Crippen LogP contribution in [-0.2, 0) is 35.6 Å². The number of fused-ring (bicyclic) bond motifs is 1. The Morgan fingerprint density at radius 1 is 0.964 bits per heavy atom. The van der Waals surface area contributed by atoms with E-state index >= 15 is 0 Å². The molecule has 0 aliphatic carbocycles. The van der Waals surface area contributed by atoms with E-state index in [1.807, 2.05) is 0 Å². The Balaban J connectivity index is 1.36. The third kappa shape index (κ3) is 3.81. The van der Waals surface area contributed by atoms with Crippen molar-refractivity contribution in [2.75, 3.05) is 0 Å². The van der Waals surface area contributed by atoms with Gasteiger partial charge in [-0.15, -0.1) is 10.2 Å². The monoisotopic (exact) mass is 381 g/mol. The van der Waals surface area contributed by atoms with Crippen LogP contribution in [0.15, 0.2) is 24.3 Å². The molecule has 0 atom stereocenters. The third-order valence-electron chi connectivity index (χ3n) is 5.30. The Kier molecular flexibility index (Phi) is 5.18. The van der Waals surface area contributed by atoms with Gasteiger partial charge in [0.2, 0.25) is 11.8 Å². The number of likely N-dealkylation sites (tertiary alicyclic amines) is 1. The van der Waals surface area contributed by atoms with Crippen LogP contribution in [0.25, 0.3) is 0 Å². The predicted octanol–water partition coefficient (Wildman–Crippen LogP) is 1.58. The van der Waals surface area contributed by atoms with Gasteiger partial charge in [0.15, 0.2) is 5.82 Å². The molecule has 146 valence electrons. The lowest BCUT2D eigenvalue weighted by Crippen LogP contribution is -2.28. The van der Waals surface area contributed by atoms with E-state index < -0.39 is 0 Å². The summed E-state index contributed by atoms with van der Waals surface area (Å²) in [5.74, 6) is 1.31. The summed E-state index contributed by atoms with van der Waals surface area (Å²) in [5.41, 5.74) is 1.35. The molecule has 3 amide bonds. The van der Waals surface area contributed by atoms with Crippen molar-refractivity contribution in [3.63, 3.8) is 0 Å². The van der Waals surface area contributed by atoms with Crippen molar-refractivity contribution in [1.29, 1.82) is 0 Å². The van der Waals surface area contributed by atoms with Crippen LogP contribution in [0.4, 0.5) is 0 Å². The first-order valence-corrected chi connectivity index (χ1v) is 9.73. The minimum absolute atomic E-state index is 0.140. The van der Waals surface area contributed by atoms with Crippen molar-refractivity contribution in [2.45, 2.75) is 58.2 Å². The first-order valence-electron chi connectivity index (χ1n) is 9.73. The maximum absolute atomic E-state index is 12.4. The minimum Gasteiger partial charge on any atom is -0.345 e. The number of aromatic nitrogens is 3. The summed E-state index contributed by atoms with van der Waals surface area (Å²) in [5, 5.41) is 11.4. The van der Waals surface area contributed by atoms with Gasteiger partial charge < -0.3 is 9.88 Å². The van der Waals surface area contributed by atoms with Crippen molar-refractivity contribution in [1.82, 2.24) is 25.0 Å². The largest absolute Gasteiger partial charge is 0.345 e. The number of hydrogen-bond acceptors (Lipinski definition) is 5. The van der Waals surface area contributed by atoms with E-state index in [2.05, 4.69) is 20.1 Å². The molecule has 8 nitrogen and oxygen atoms in total. The van der Waals surface area contributed by atoms with Crippen molar-refractivity contribution < 1.29 is 14.4 Å². The molecule has 3 heterocycles. The number of aryl methyl sites for hydroxylation is 1. The van der Waals surface area contributed by atoms with Crippen LogP contribution in [0.3, 0.4) is 0 Å². The van der Waals surface area contributed by atoms with Gasteiger partial charge in [-0.05, 0) is 30.5 Å². The summed E-state index contributed by atoms with van der Waals surface area (Å²) >= 11 is 0. The summed E-state index contributed by atoms with van der Waals surface area (Å²) in [4.78, 5) is 37.1. The Hall–Kier alpha value is -3.03. The fourth-order valence-electron chi connectivity index (χ4n) is 3.68. The number of nitrogens with zero attached hydrogens (tertiary/aromatic N) is 4. The molecule has 0 saturated carbocycles. The molecule has 1 aromatic carbocycles. The van der Waals surface area contributed by atoms with Gasteiger partial charge in [0.1, 0.15) is 5.82 Å². The average molecular weight is 381 g/mol. The quantitative estimate of drug-likeness (QED) is 0.793. The normalized spacial score (nSPS) is 16.8. The van der Waals surface area contributed by atoms with Gasteiger partial charge >= 0.3 is 0 Å². The predicted molar refractivity (Wildman–Crippen MR) is 100.0 cm³/mol. The molecule has 2 aliphatic rings. The number of nitrogens with one attached hydrogen (secondary N) is 1. The maximum atomic E-state index is 12.4. The fourth-order valence-corrected chi connectivity index (χ4v) is 3.68. The lowest BCUT2D eigenvalue weighted by atomic mass is 10.1. The molecule has 0 bridgehead atoms. The summed E-state index contributed by atoms with van der Waals surface area (Å²) in [6, 6.07) is 6.97. The molecule has 28 heavy (non-hydrogen) atoms. The van der Waals surface area contributed by atoms with E-state index in [0.29, 0.717) is 12.1 Å². The second kappa shape index (κ2) is 7.92. The van der Waals surface area contributed by atoms with Crippen LogP contribution in [0, 0.1) is 0 Å². The molecule has 0 unspecified atom stereocenters. The smallest absolute Gasteiger partial charge is 0.251 e. The fraction of sp³-hybridized carbons (Fsp3) is 0.450.